The number of aromatic nitrogens is 1. The zero-order valence-electron chi connectivity index (χ0n) is 11.3. The summed E-state index contributed by atoms with van der Waals surface area (Å²) in [5, 5.41) is 0.929. The Morgan fingerprint density at radius 3 is 2.68 bits per heavy atom. The van der Waals surface area contributed by atoms with E-state index < -0.39 is 0 Å². The smallest absolute Gasteiger partial charge is 0.320 e. The van der Waals surface area contributed by atoms with Crippen LogP contribution in [0.2, 0.25) is 10.2 Å². The van der Waals surface area contributed by atoms with Crippen LogP contribution in [0.3, 0.4) is 0 Å². The molecule has 6 heteroatoms. The van der Waals surface area contributed by atoms with E-state index in [1.807, 2.05) is 18.7 Å². The monoisotopic (exact) mass is 304 g/mol. The number of pyridine rings is 1. The van der Waals surface area contributed by atoms with E-state index in [1.54, 1.807) is 19.1 Å². The van der Waals surface area contributed by atoms with Crippen molar-refractivity contribution in [3.63, 3.8) is 0 Å². The lowest BCUT2D eigenvalue weighted by molar-refractivity contribution is -0.145. The predicted molar refractivity (Wildman–Crippen MR) is 76.4 cm³/mol. The number of carbonyl (C=O) groups excluding carboxylic acids is 1. The number of nitrogens with zero attached hydrogens (tertiary/aromatic N) is 2. The van der Waals surface area contributed by atoms with Crippen molar-refractivity contribution in [2.24, 2.45) is 0 Å². The average molecular weight is 305 g/mol. The van der Waals surface area contributed by atoms with E-state index in [-0.39, 0.29) is 18.6 Å². The van der Waals surface area contributed by atoms with Crippen LogP contribution in [-0.4, -0.2) is 35.0 Å². The SMILES string of the molecule is CCOC(=O)CN(Cc1nc(Cl)ccc1Cl)C(C)C. The van der Waals surface area contributed by atoms with Gasteiger partial charge in [0.05, 0.1) is 23.9 Å². The molecule has 0 aliphatic heterocycles. The van der Waals surface area contributed by atoms with E-state index in [0.29, 0.717) is 29.0 Å². The Kier molecular flexibility index (Phi) is 6.55. The second-order valence-corrected chi connectivity index (χ2v) is 5.16. The third-order valence-corrected chi connectivity index (χ3v) is 3.16. The molecule has 0 saturated heterocycles. The van der Waals surface area contributed by atoms with Gasteiger partial charge in [-0.1, -0.05) is 23.2 Å². The average Bonchev–Trinajstić information content (AvgIpc) is 2.33. The molecule has 0 amide bonds. The summed E-state index contributed by atoms with van der Waals surface area (Å²) >= 11 is 11.9. The van der Waals surface area contributed by atoms with Crippen LogP contribution >= 0.6 is 23.2 Å². The first-order chi connectivity index (χ1) is 8.93. The minimum absolute atomic E-state index is 0.168. The van der Waals surface area contributed by atoms with E-state index in [1.165, 1.54) is 0 Å². The Labute approximate surface area is 123 Å². The highest BCUT2D eigenvalue weighted by molar-refractivity contribution is 6.32. The van der Waals surface area contributed by atoms with Gasteiger partial charge in [0.2, 0.25) is 0 Å². The molecule has 1 aromatic heterocycles. The quantitative estimate of drug-likeness (QED) is 0.598. The maximum absolute atomic E-state index is 11.6. The van der Waals surface area contributed by atoms with Gasteiger partial charge >= 0.3 is 5.97 Å². The molecule has 0 N–H and O–H groups in total. The van der Waals surface area contributed by atoms with Crippen molar-refractivity contribution in [2.75, 3.05) is 13.2 Å². The van der Waals surface area contributed by atoms with Gasteiger partial charge in [-0.2, -0.15) is 0 Å². The summed E-state index contributed by atoms with van der Waals surface area (Å²) in [5.74, 6) is -0.255. The molecule has 0 spiro atoms. The number of hydrogen-bond donors (Lipinski definition) is 0. The molecule has 4 nitrogen and oxygen atoms in total. The molecule has 0 unspecified atom stereocenters. The highest BCUT2D eigenvalue weighted by Crippen LogP contribution is 2.19. The maximum atomic E-state index is 11.6. The standard InChI is InChI=1S/C13H18Cl2N2O2/c1-4-19-13(18)8-17(9(2)3)7-11-10(14)5-6-12(15)16-11/h5-6,9H,4,7-8H2,1-3H3. The topological polar surface area (TPSA) is 42.4 Å². The number of carbonyl (C=O) groups is 1. The molecule has 0 atom stereocenters. The van der Waals surface area contributed by atoms with E-state index in [4.69, 9.17) is 27.9 Å². The number of hydrogen-bond acceptors (Lipinski definition) is 4. The van der Waals surface area contributed by atoms with Crippen molar-refractivity contribution >= 4 is 29.2 Å². The molecule has 19 heavy (non-hydrogen) atoms. The first kappa shape index (κ1) is 16.2. The van der Waals surface area contributed by atoms with Crippen molar-refractivity contribution in [1.82, 2.24) is 9.88 Å². The summed E-state index contributed by atoms with van der Waals surface area (Å²) in [7, 11) is 0. The summed E-state index contributed by atoms with van der Waals surface area (Å²) < 4.78 is 4.95. The largest absolute Gasteiger partial charge is 0.465 e. The Hall–Kier alpha value is -0.840. The summed E-state index contributed by atoms with van der Waals surface area (Å²) in [6, 6.07) is 3.51. The zero-order chi connectivity index (χ0) is 14.4. The molecule has 0 saturated carbocycles. The van der Waals surface area contributed by atoms with E-state index >= 15 is 0 Å². The van der Waals surface area contributed by atoms with Crippen LogP contribution in [0.1, 0.15) is 26.5 Å². The maximum Gasteiger partial charge on any atom is 0.320 e. The van der Waals surface area contributed by atoms with Crippen LogP contribution in [0.4, 0.5) is 0 Å². The Morgan fingerprint density at radius 2 is 2.11 bits per heavy atom. The molecule has 106 valence electrons. The third kappa shape index (κ3) is 5.35. The lowest BCUT2D eigenvalue weighted by Crippen LogP contribution is -2.36. The van der Waals surface area contributed by atoms with E-state index in [2.05, 4.69) is 4.98 Å². The van der Waals surface area contributed by atoms with Gasteiger partial charge in [-0.25, -0.2) is 4.98 Å². The molecule has 0 fully saturated rings. The van der Waals surface area contributed by atoms with Crippen molar-refractivity contribution in [3.8, 4) is 0 Å². The lowest BCUT2D eigenvalue weighted by Gasteiger charge is -2.25. The normalized spacial score (nSPS) is 11.1. The predicted octanol–water partition coefficient (Wildman–Crippen LogP) is 3.16. The molecule has 0 bridgehead atoms. The molecular weight excluding hydrogens is 287 g/mol. The summed E-state index contributed by atoms with van der Waals surface area (Å²) in [5.41, 5.74) is 0.659. The van der Waals surface area contributed by atoms with Crippen molar-refractivity contribution in [3.05, 3.63) is 28.0 Å². The molecule has 0 aliphatic carbocycles. The van der Waals surface area contributed by atoms with Crippen LogP contribution in [0.15, 0.2) is 12.1 Å². The highest BCUT2D eigenvalue weighted by atomic mass is 35.5. The summed E-state index contributed by atoms with van der Waals surface area (Å²) in [4.78, 5) is 17.7. The second kappa shape index (κ2) is 7.68. The van der Waals surface area contributed by atoms with Crippen molar-refractivity contribution < 1.29 is 9.53 Å². The molecular formula is C13H18Cl2N2O2. The van der Waals surface area contributed by atoms with E-state index in [0.717, 1.165) is 0 Å². The molecule has 0 aliphatic rings. The first-order valence-corrected chi connectivity index (χ1v) is 6.90. The number of rotatable bonds is 6. The summed E-state index contributed by atoms with van der Waals surface area (Å²) in [6.07, 6.45) is 0. The van der Waals surface area contributed by atoms with Gasteiger partial charge in [0.25, 0.3) is 0 Å². The van der Waals surface area contributed by atoms with Gasteiger partial charge < -0.3 is 4.74 Å². The van der Waals surface area contributed by atoms with Gasteiger partial charge in [-0.15, -0.1) is 0 Å². The Balaban J connectivity index is 2.78. The fraction of sp³-hybridized carbons (Fsp3) is 0.538. The van der Waals surface area contributed by atoms with Crippen LogP contribution < -0.4 is 0 Å². The van der Waals surface area contributed by atoms with Crippen LogP contribution in [-0.2, 0) is 16.1 Å². The van der Waals surface area contributed by atoms with Gasteiger partial charge in [0.15, 0.2) is 0 Å². The fourth-order valence-electron chi connectivity index (χ4n) is 1.55. The van der Waals surface area contributed by atoms with Gasteiger partial charge in [0.1, 0.15) is 5.15 Å². The minimum atomic E-state index is -0.255. The van der Waals surface area contributed by atoms with Crippen LogP contribution in [0.5, 0.6) is 0 Å². The van der Waals surface area contributed by atoms with Gasteiger partial charge in [-0.3, -0.25) is 9.69 Å². The molecule has 0 aromatic carbocycles. The first-order valence-electron chi connectivity index (χ1n) is 6.14. The van der Waals surface area contributed by atoms with E-state index in [9.17, 15) is 4.79 Å². The third-order valence-electron chi connectivity index (χ3n) is 2.61. The van der Waals surface area contributed by atoms with Crippen LogP contribution in [0.25, 0.3) is 0 Å². The summed E-state index contributed by atoms with van der Waals surface area (Å²) in [6.45, 7) is 6.81. The zero-order valence-corrected chi connectivity index (χ0v) is 12.8. The molecule has 1 aromatic rings. The molecule has 1 rings (SSSR count). The Morgan fingerprint density at radius 1 is 1.42 bits per heavy atom. The molecule has 1 heterocycles. The highest BCUT2D eigenvalue weighted by Gasteiger charge is 2.17. The minimum Gasteiger partial charge on any atom is -0.465 e. The van der Waals surface area contributed by atoms with Crippen molar-refractivity contribution in [1.29, 1.82) is 0 Å². The Bertz CT molecular complexity index is 439. The second-order valence-electron chi connectivity index (χ2n) is 4.37. The fourth-order valence-corrected chi connectivity index (χ4v) is 1.88. The van der Waals surface area contributed by atoms with Gasteiger partial charge in [-0.05, 0) is 32.9 Å². The van der Waals surface area contributed by atoms with Crippen molar-refractivity contribution in [2.45, 2.75) is 33.4 Å². The molecule has 0 radical (unpaired) electrons. The van der Waals surface area contributed by atoms with Crippen LogP contribution in [0, 0.1) is 0 Å². The number of esters is 1. The number of ether oxygens (including phenoxy) is 1. The number of halogens is 2. The lowest BCUT2D eigenvalue weighted by atomic mass is 10.2. The van der Waals surface area contributed by atoms with Gasteiger partial charge in [0, 0.05) is 12.6 Å².